The van der Waals surface area contributed by atoms with Crippen molar-refractivity contribution in [2.45, 2.75) is 44.1 Å². The van der Waals surface area contributed by atoms with E-state index >= 15 is 0 Å². The maximum Gasteiger partial charge on any atom is 0.0972 e. The second-order valence-corrected chi connectivity index (χ2v) is 6.69. The van der Waals surface area contributed by atoms with Gasteiger partial charge >= 0.3 is 0 Å². The molecule has 1 saturated carbocycles. The van der Waals surface area contributed by atoms with Gasteiger partial charge in [-0.25, -0.2) is 0 Å². The van der Waals surface area contributed by atoms with Crippen molar-refractivity contribution in [2.75, 3.05) is 0 Å². The van der Waals surface area contributed by atoms with Crippen LogP contribution in [0.25, 0.3) is 0 Å². The van der Waals surface area contributed by atoms with Crippen LogP contribution in [0.4, 0.5) is 0 Å². The first-order chi connectivity index (χ1) is 9.20. The van der Waals surface area contributed by atoms with Crippen LogP contribution in [0.5, 0.6) is 0 Å². The van der Waals surface area contributed by atoms with E-state index in [1.54, 1.807) is 11.3 Å². The number of hydrogen-bond acceptors (Lipinski definition) is 2. The summed E-state index contributed by atoms with van der Waals surface area (Å²) in [5, 5.41) is 13.4. The molecule has 0 saturated heterocycles. The van der Waals surface area contributed by atoms with Crippen LogP contribution in [0, 0.1) is 6.92 Å². The third-order valence-electron chi connectivity index (χ3n) is 4.31. The van der Waals surface area contributed by atoms with Crippen molar-refractivity contribution in [3.63, 3.8) is 0 Å². The molecule has 0 amide bonds. The molecule has 3 rings (SSSR count). The summed E-state index contributed by atoms with van der Waals surface area (Å²) >= 11 is 1.73. The average Bonchev–Trinajstić information content (AvgIpc) is 2.88. The van der Waals surface area contributed by atoms with Crippen LogP contribution in [0.2, 0.25) is 0 Å². The summed E-state index contributed by atoms with van der Waals surface area (Å²) in [6.07, 6.45) is 4.29. The van der Waals surface area contributed by atoms with E-state index in [4.69, 9.17) is 0 Å². The molecule has 1 aliphatic rings. The van der Waals surface area contributed by atoms with Crippen molar-refractivity contribution >= 4 is 11.3 Å². The van der Waals surface area contributed by atoms with E-state index in [1.165, 1.54) is 16.9 Å². The van der Waals surface area contributed by atoms with E-state index in [0.29, 0.717) is 0 Å². The van der Waals surface area contributed by atoms with E-state index in [1.807, 2.05) is 6.07 Å². The van der Waals surface area contributed by atoms with E-state index in [-0.39, 0.29) is 5.92 Å². The van der Waals surface area contributed by atoms with Gasteiger partial charge in [-0.2, -0.15) is 0 Å². The highest BCUT2D eigenvalue weighted by molar-refractivity contribution is 7.10. The quantitative estimate of drug-likeness (QED) is 0.847. The molecular formula is C17H20OS. The Kier molecular flexibility index (Phi) is 3.46. The van der Waals surface area contributed by atoms with Crippen LogP contribution < -0.4 is 0 Å². The zero-order chi connectivity index (χ0) is 13.3. The molecule has 1 aromatic heterocycles. The Labute approximate surface area is 118 Å². The highest BCUT2D eigenvalue weighted by Crippen LogP contribution is 2.48. The molecule has 2 aromatic rings. The summed E-state index contributed by atoms with van der Waals surface area (Å²) in [5.41, 5.74) is 1.71. The van der Waals surface area contributed by atoms with E-state index in [2.05, 4.69) is 42.6 Å². The van der Waals surface area contributed by atoms with Crippen LogP contribution in [-0.2, 0) is 5.60 Å². The first-order valence-electron chi connectivity index (χ1n) is 7.03. The minimum Gasteiger partial charge on any atom is -0.384 e. The van der Waals surface area contributed by atoms with E-state index in [0.717, 1.165) is 24.8 Å². The molecule has 1 aliphatic carbocycles. The molecule has 1 fully saturated rings. The van der Waals surface area contributed by atoms with Crippen molar-refractivity contribution in [2.24, 2.45) is 0 Å². The molecule has 19 heavy (non-hydrogen) atoms. The van der Waals surface area contributed by atoms with Gasteiger partial charge in [-0.1, -0.05) is 43.2 Å². The second kappa shape index (κ2) is 5.10. The molecule has 1 aromatic carbocycles. The molecule has 2 heteroatoms. The fourth-order valence-corrected chi connectivity index (χ4v) is 4.08. The molecular weight excluding hydrogens is 252 g/mol. The number of rotatable bonds is 2. The predicted molar refractivity (Wildman–Crippen MR) is 80.6 cm³/mol. The Bertz CT molecular complexity index is 545. The number of aliphatic hydroxyl groups is 1. The highest BCUT2D eigenvalue weighted by atomic mass is 32.1. The molecule has 0 aliphatic heterocycles. The minimum absolute atomic E-state index is 0.233. The summed E-state index contributed by atoms with van der Waals surface area (Å²) in [6, 6.07) is 12.7. The fraction of sp³-hybridized carbons (Fsp3) is 0.412. The van der Waals surface area contributed by atoms with Gasteiger partial charge in [-0.3, -0.25) is 0 Å². The lowest BCUT2D eigenvalue weighted by atomic mass is 9.69. The zero-order valence-electron chi connectivity index (χ0n) is 11.3. The standard InChI is InChI=1S/C17H20OS/c1-13-11-15(12-19-13)17(18)10-6-5-9-16(17)14-7-3-2-4-8-14/h2-4,7-8,11-12,16,18H,5-6,9-10H2,1H3. The Morgan fingerprint density at radius 2 is 2.00 bits per heavy atom. The number of aryl methyl sites for hydroxylation is 1. The van der Waals surface area contributed by atoms with Crippen LogP contribution in [0.1, 0.15) is 47.6 Å². The predicted octanol–water partition coefficient (Wildman–Crippen LogP) is 4.60. The maximum atomic E-state index is 11.3. The number of hydrogen-bond donors (Lipinski definition) is 1. The third kappa shape index (κ3) is 2.35. The van der Waals surface area contributed by atoms with Gasteiger partial charge < -0.3 is 5.11 Å². The normalized spacial score (nSPS) is 27.4. The van der Waals surface area contributed by atoms with E-state index in [9.17, 15) is 5.11 Å². The van der Waals surface area contributed by atoms with Gasteiger partial charge in [-0.05, 0) is 42.3 Å². The van der Waals surface area contributed by atoms with Crippen LogP contribution >= 0.6 is 11.3 Å². The first-order valence-corrected chi connectivity index (χ1v) is 7.91. The molecule has 100 valence electrons. The van der Waals surface area contributed by atoms with Crippen LogP contribution in [0.15, 0.2) is 41.8 Å². The van der Waals surface area contributed by atoms with Gasteiger partial charge in [0.05, 0.1) is 5.60 Å². The molecule has 2 atom stereocenters. The van der Waals surface area contributed by atoms with Crippen molar-refractivity contribution < 1.29 is 5.11 Å². The second-order valence-electron chi connectivity index (χ2n) is 5.58. The summed E-state index contributed by atoms with van der Waals surface area (Å²) in [5.74, 6) is 0.233. The molecule has 1 heterocycles. The zero-order valence-corrected chi connectivity index (χ0v) is 12.1. The summed E-state index contributed by atoms with van der Waals surface area (Å²) in [4.78, 5) is 1.28. The third-order valence-corrected chi connectivity index (χ3v) is 5.17. The Morgan fingerprint density at radius 1 is 1.21 bits per heavy atom. The average molecular weight is 272 g/mol. The van der Waals surface area contributed by atoms with Gasteiger partial charge in [0.15, 0.2) is 0 Å². The minimum atomic E-state index is -0.676. The van der Waals surface area contributed by atoms with Crippen molar-refractivity contribution in [1.29, 1.82) is 0 Å². The maximum absolute atomic E-state index is 11.3. The largest absolute Gasteiger partial charge is 0.384 e. The van der Waals surface area contributed by atoms with Gasteiger partial charge in [-0.15, -0.1) is 11.3 Å². The Morgan fingerprint density at radius 3 is 2.68 bits per heavy atom. The number of benzene rings is 1. The van der Waals surface area contributed by atoms with Crippen LogP contribution in [-0.4, -0.2) is 5.11 Å². The van der Waals surface area contributed by atoms with Crippen LogP contribution in [0.3, 0.4) is 0 Å². The first kappa shape index (κ1) is 12.9. The fourth-order valence-electron chi connectivity index (χ4n) is 3.30. The summed E-state index contributed by atoms with van der Waals surface area (Å²) < 4.78 is 0. The van der Waals surface area contributed by atoms with Gasteiger partial charge in [0.1, 0.15) is 0 Å². The summed E-state index contributed by atoms with van der Waals surface area (Å²) in [7, 11) is 0. The van der Waals surface area contributed by atoms with Crippen molar-refractivity contribution in [3.8, 4) is 0 Å². The van der Waals surface area contributed by atoms with E-state index < -0.39 is 5.60 Å². The molecule has 1 nitrogen and oxygen atoms in total. The smallest absolute Gasteiger partial charge is 0.0972 e. The molecule has 0 bridgehead atoms. The SMILES string of the molecule is Cc1cc(C2(O)CCCCC2c2ccccc2)cs1. The highest BCUT2D eigenvalue weighted by Gasteiger charge is 2.41. The van der Waals surface area contributed by atoms with Crippen molar-refractivity contribution in [3.05, 3.63) is 57.8 Å². The lowest BCUT2D eigenvalue weighted by molar-refractivity contribution is -0.0221. The number of thiophene rings is 1. The van der Waals surface area contributed by atoms with Gasteiger partial charge in [0.25, 0.3) is 0 Å². The molecule has 0 radical (unpaired) electrons. The van der Waals surface area contributed by atoms with Crippen molar-refractivity contribution in [1.82, 2.24) is 0 Å². The summed E-state index contributed by atoms with van der Waals surface area (Å²) in [6.45, 7) is 2.11. The van der Waals surface area contributed by atoms with Gasteiger partial charge in [0.2, 0.25) is 0 Å². The topological polar surface area (TPSA) is 20.2 Å². The lowest BCUT2D eigenvalue weighted by Crippen LogP contribution is -2.36. The Balaban J connectivity index is 2.01. The monoisotopic (exact) mass is 272 g/mol. The Hall–Kier alpha value is -1.12. The molecule has 0 spiro atoms. The van der Waals surface area contributed by atoms with Gasteiger partial charge in [0, 0.05) is 10.8 Å². The molecule has 2 unspecified atom stereocenters. The lowest BCUT2D eigenvalue weighted by Gasteiger charge is -2.40. The molecule has 1 N–H and O–H groups in total.